The standard InChI is InChI=1S/C27H34N5O3/c1-7-8-9-12-32-22(14-18-10-11-20(17(4)28)29-25(18)32)26-30-21-13-19(27(33)35-16(2)3)15-23(34-6)24(21)31(26)5/h7,10-11,13-17,24H,1,8-9,12,28H2,2-6H3/q+1/t17-,24?/m1/s1. The molecule has 1 aliphatic heterocycles. The molecule has 0 spiro atoms. The summed E-state index contributed by atoms with van der Waals surface area (Å²) in [5.41, 5.74) is 9.97. The summed E-state index contributed by atoms with van der Waals surface area (Å²) in [5.74, 6) is 1.05. The number of hydrogen-bond acceptors (Lipinski definition) is 6. The number of hydrogen-bond donors (Lipinski definition) is 1. The summed E-state index contributed by atoms with van der Waals surface area (Å²) >= 11 is 0. The molecule has 2 atom stereocenters. The Morgan fingerprint density at radius 2 is 2.09 bits per heavy atom. The Hall–Kier alpha value is -3.52. The van der Waals surface area contributed by atoms with Crippen LogP contribution in [0.2, 0.25) is 0 Å². The number of aryl methyl sites for hydroxylation is 1. The van der Waals surface area contributed by atoms with E-state index in [1.165, 1.54) is 0 Å². The van der Waals surface area contributed by atoms with Crippen molar-refractivity contribution in [2.75, 3.05) is 14.2 Å². The number of nitrogens with zero attached hydrogens (tertiary/aromatic N) is 4. The summed E-state index contributed by atoms with van der Waals surface area (Å²) < 4.78 is 15.4. The summed E-state index contributed by atoms with van der Waals surface area (Å²) in [6, 6.07) is 5.76. The van der Waals surface area contributed by atoms with Crippen molar-refractivity contribution >= 4 is 28.6 Å². The fraction of sp³-hybridized carbons (Fsp3) is 0.407. The van der Waals surface area contributed by atoms with Crippen molar-refractivity contribution in [3.05, 3.63) is 65.7 Å². The molecular weight excluding hydrogens is 442 g/mol. The maximum Gasteiger partial charge on any atom is 0.343 e. The van der Waals surface area contributed by atoms with Crippen LogP contribution in [-0.2, 0) is 20.8 Å². The van der Waals surface area contributed by atoms with Crippen LogP contribution in [-0.4, -0.2) is 57.9 Å². The molecule has 2 aromatic heterocycles. The van der Waals surface area contributed by atoms with Crippen molar-refractivity contribution in [2.45, 2.75) is 58.3 Å². The van der Waals surface area contributed by atoms with Gasteiger partial charge in [0.2, 0.25) is 11.8 Å². The highest BCUT2D eigenvalue weighted by Crippen LogP contribution is 2.28. The minimum atomic E-state index is -0.391. The Labute approximate surface area is 206 Å². The molecule has 0 saturated carbocycles. The van der Waals surface area contributed by atoms with E-state index in [0.717, 1.165) is 53.4 Å². The first-order valence-electron chi connectivity index (χ1n) is 12.0. The third kappa shape index (κ3) is 4.71. The maximum atomic E-state index is 12.6. The molecule has 184 valence electrons. The number of aromatic nitrogens is 2. The number of unbranched alkanes of at least 4 members (excludes halogenated alkanes) is 1. The van der Waals surface area contributed by atoms with Gasteiger partial charge in [0, 0.05) is 24.0 Å². The van der Waals surface area contributed by atoms with Gasteiger partial charge in [0.1, 0.15) is 17.1 Å². The quantitative estimate of drug-likeness (QED) is 0.258. The molecule has 2 aromatic rings. The number of carbonyl (C=O) groups is 1. The van der Waals surface area contributed by atoms with E-state index in [-0.39, 0.29) is 18.2 Å². The molecular formula is C27H34N5O3+. The summed E-state index contributed by atoms with van der Waals surface area (Å²) in [5, 5.41) is 1.03. The van der Waals surface area contributed by atoms with Crippen molar-refractivity contribution in [3.8, 4) is 0 Å². The fourth-order valence-electron chi connectivity index (χ4n) is 4.47. The van der Waals surface area contributed by atoms with Crippen LogP contribution in [0.15, 0.2) is 59.3 Å². The minimum absolute atomic E-state index is 0.159. The Morgan fingerprint density at radius 1 is 1.31 bits per heavy atom. The lowest BCUT2D eigenvalue weighted by Crippen LogP contribution is -2.34. The van der Waals surface area contributed by atoms with Crippen molar-refractivity contribution in [1.29, 1.82) is 0 Å². The molecule has 0 radical (unpaired) electrons. The normalized spacial score (nSPS) is 18.3. The van der Waals surface area contributed by atoms with Gasteiger partial charge in [-0.1, -0.05) is 6.08 Å². The largest absolute Gasteiger partial charge is 0.496 e. The van der Waals surface area contributed by atoms with Crippen molar-refractivity contribution in [1.82, 2.24) is 9.55 Å². The van der Waals surface area contributed by atoms with Crippen molar-refractivity contribution in [2.24, 2.45) is 10.7 Å². The van der Waals surface area contributed by atoms with E-state index in [1.54, 1.807) is 19.3 Å². The third-order valence-electron chi connectivity index (χ3n) is 6.17. The number of pyridine rings is 1. The second-order valence-electron chi connectivity index (χ2n) is 9.23. The van der Waals surface area contributed by atoms with Crippen LogP contribution >= 0.6 is 0 Å². The highest BCUT2D eigenvalue weighted by Gasteiger charge is 2.43. The first kappa shape index (κ1) is 24.6. The van der Waals surface area contributed by atoms with E-state index in [4.69, 9.17) is 25.2 Å². The van der Waals surface area contributed by atoms with Crippen LogP contribution in [0.5, 0.6) is 0 Å². The maximum absolute atomic E-state index is 12.6. The molecule has 8 heteroatoms. The molecule has 3 heterocycles. The molecule has 4 rings (SSSR count). The van der Waals surface area contributed by atoms with Crippen LogP contribution in [0.4, 0.5) is 0 Å². The highest BCUT2D eigenvalue weighted by molar-refractivity contribution is 6.17. The molecule has 0 amide bonds. The molecule has 35 heavy (non-hydrogen) atoms. The zero-order valence-electron chi connectivity index (χ0n) is 21.1. The number of carbonyl (C=O) groups excluding carboxylic acids is 1. The topological polar surface area (TPSA) is 94.7 Å². The lowest BCUT2D eigenvalue weighted by atomic mass is 9.99. The van der Waals surface area contributed by atoms with Gasteiger partial charge in [-0.15, -0.1) is 6.58 Å². The Kier molecular flexibility index (Phi) is 7.03. The molecule has 2 aliphatic rings. The van der Waals surface area contributed by atoms with E-state index in [0.29, 0.717) is 11.3 Å². The predicted molar refractivity (Wildman–Crippen MR) is 138 cm³/mol. The Balaban J connectivity index is 1.83. The molecule has 0 aromatic carbocycles. The van der Waals surface area contributed by atoms with Gasteiger partial charge < -0.3 is 19.8 Å². The van der Waals surface area contributed by atoms with Gasteiger partial charge in [-0.25, -0.2) is 14.4 Å². The molecule has 1 unspecified atom stereocenters. The number of allylic oxidation sites excluding steroid dienone is 1. The van der Waals surface area contributed by atoms with Crippen molar-refractivity contribution in [3.63, 3.8) is 0 Å². The van der Waals surface area contributed by atoms with Gasteiger partial charge in [-0.2, -0.15) is 0 Å². The van der Waals surface area contributed by atoms with Crippen LogP contribution in [0.3, 0.4) is 0 Å². The number of methoxy groups -OCH3 is 1. The van der Waals surface area contributed by atoms with Crippen LogP contribution < -0.4 is 5.73 Å². The number of esters is 1. The van der Waals surface area contributed by atoms with E-state index in [1.807, 2.05) is 40.0 Å². The smallest absolute Gasteiger partial charge is 0.343 e. The van der Waals surface area contributed by atoms with Gasteiger partial charge in [0.25, 0.3) is 0 Å². The number of aliphatic imine (C=N–C) groups is 1. The van der Waals surface area contributed by atoms with Crippen LogP contribution in [0.1, 0.15) is 51.0 Å². The van der Waals surface area contributed by atoms with Gasteiger partial charge in [0.05, 0.1) is 31.5 Å². The van der Waals surface area contributed by atoms with Crippen LogP contribution in [0.25, 0.3) is 11.0 Å². The molecule has 2 N–H and O–H groups in total. The predicted octanol–water partition coefficient (Wildman–Crippen LogP) is 3.66. The molecule has 0 bridgehead atoms. The van der Waals surface area contributed by atoms with E-state index in [9.17, 15) is 4.79 Å². The van der Waals surface area contributed by atoms with E-state index < -0.39 is 5.97 Å². The summed E-state index contributed by atoms with van der Waals surface area (Å²) in [6.07, 6.45) is 7.07. The lowest BCUT2D eigenvalue weighted by Gasteiger charge is -2.18. The van der Waals surface area contributed by atoms with Gasteiger partial charge >= 0.3 is 11.8 Å². The average Bonchev–Trinajstić information content (AvgIpc) is 3.35. The summed E-state index contributed by atoms with van der Waals surface area (Å²) in [4.78, 5) is 22.5. The van der Waals surface area contributed by atoms with E-state index >= 15 is 0 Å². The first-order valence-corrected chi connectivity index (χ1v) is 12.0. The summed E-state index contributed by atoms with van der Waals surface area (Å²) in [6.45, 7) is 10.2. The van der Waals surface area contributed by atoms with Gasteiger partial charge in [-0.05, 0) is 62.9 Å². The fourth-order valence-corrected chi connectivity index (χ4v) is 4.47. The van der Waals surface area contributed by atoms with Gasteiger partial charge in [0.15, 0.2) is 0 Å². The monoisotopic (exact) mass is 476 g/mol. The number of amidine groups is 1. The van der Waals surface area contributed by atoms with E-state index in [2.05, 4.69) is 27.9 Å². The lowest BCUT2D eigenvalue weighted by molar-refractivity contribution is -0.510. The van der Waals surface area contributed by atoms with Gasteiger partial charge in [-0.3, -0.25) is 0 Å². The molecule has 0 saturated heterocycles. The van der Waals surface area contributed by atoms with Crippen molar-refractivity contribution < 1.29 is 18.8 Å². The third-order valence-corrected chi connectivity index (χ3v) is 6.17. The first-order chi connectivity index (χ1) is 16.7. The SMILES string of the molecule is C=CCCCn1c(C2=[N+](C)C3C(OC)=CC(C(=O)OC(C)C)=CC3=N2)cc2ccc([C@@H](C)N)nc21. The number of rotatable bonds is 9. The zero-order chi connectivity index (χ0) is 25.3. The molecule has 1 aliphatic carbocycles. The number of likely N-dealkylation sites (N-methyl/N-ethyl adjacent to an activating group) is 1. The number of ether oxygens (including phenoxy) is 2. The molecule has 0 fully saturated rings. The second-order valence-corrected chi connectivity index (χ2v) is 9.23. The average molecular weight is 477 g/mol. The molecule has 8 nitrogen and oxygen atoms in total. The number of fused-ring (bicyclic) bond motifs is 2. The number of nitrogens with two attached hydrogens (primary N) is 1. The minimum Gasteiger partial charge on any atom is -0.496 e. The summed E-state index contributed by atoms with van der Waals surface area (Å²) in [7, 11) is 3.60. The highest BCUT2D eigenvalue weighted by atomic mass is 16.5. The van der Waals surface area contributed by atoms with Crippen LogP contribution in [0, 0.1) is 0 Å². The zero-order valence-corrected chi connectivity index (χ0v) is 21.1. The second kappa shape index (κ2) is 10.00. The Bertz CT molecular complexity index is 1290. The Morgan fingerprint density at radius 3 is 2.74 bits per heavy atom.